The minimum Gasteiger partial charge on any atom is -0.396 e. The second-order valence-electron chi connectivity index (χ2n) is 2.10. The van der Waals surface area contributed by atoms with Crippen molar-refractivity contribution in [2.75, 3.05) is 18.1 Å². The monoisotopic (exact) mass is 234 g/mol. The summed E-state index contributed by atoms with van der Waals surface area (Å²) in [6, 6.07) is 3.54. The van der Waals surface area contributed by atoms with E-state index in [9.17, 15) is 0 Å². The predicted octanol–water partition coefficient (Wildman–Crippen LogP) is 2.73. The largest absolute Gasteiger partial charge is 0.396 e. The quantitative estimate of drug-likeness (QED) is 0.735. The Morgan fingerprint density at radius 2 is 2.18 bits per heavy atom. The highest BCUT2D eigenvalue weighted by Gasteiger charge is 2.02. The van der Waals surface area contributed by atoms with E-state index < -0.39 is 0 Å². The van der Waals surface area contributed by atoms with Gasteiger partial charge in [-0.05, 0) is 28.1 Å². The molecule has 0 heterocycles. The third-order valence-electron chi connectivity index (χ3n) is 1.36. The van der Waals surface area contributed by atoms with Gasteiger partial charge in [-0.3, -0.25) is 0 Å². The lowest BCUT2D eigenvalue weighted by molar-refractivity contribution is 1.50. The molecular formula is C7H8BrClN2. The summed E-state index contributed by atoms with van der Waals surface area (Å²) in [7, 11) is 1.80. The van der Waals surface area contributed by atoms with E-state index in [1.807, 2.05) is 0 Å². The van der Waals surface area contributed by atoms with Crippen LogP contribution in [0.15, 0.2) is 16.6 Å². The Morgan fingerprint density at radius 1 is 1.55 bits per heavy atom. The van der Waals surface area contributed by atoms with Crippen molar-refractivity contribution < 1.29 is 0 Å². The number of rotatable bonds is 1. The van der Waals surface area contributed by atoms with Crippen LogP contribution in [0.25, 0.3) is 0 Å². The van der Waals surface area contributed by atoms with E-state index in [1.54, 1.807) is 19.2 Å². The number of nitrogens with one attached hydrogen (secondary N) is 1. The van der Waals surface area contributed by atoms with Crippen LogP contribution in [0.2, 0.25) is 5.02 Å². The average Bonchev–Trinajstić information content (AvgIpc) is 1.96. The van der Waals surface area contributed by atoms with Gasteiger partial charge < -0.3 is 11.1 Å². The Kier molecular flexibility index (Phi) is 2.62. The van der Waals surface area contributed by atoms with Crippen LogP contribution >= 0.6 is 27.5 Å². The minimum atomic E-state index is 0.662. The van der Waals surface area contributed by atoms with Crippen molar-refractivity contribution in [3.05, 3.63) is 21.6 Å². The van der Waals surface area contributed by atoms with Crippen molar-refractivity contribution in [3.63, 3.8) is 0 Å². The van der Waals surface area contributed by atoms with Crippen molar-refractivity contribution in [2.45, 2.75) is 0 Å². The Morgan fingerprint density at radius 3 is 2.73 bits per heavy atom. The number of hydrogen-bond donors (Lipinski definition) is 2. The van der Waals surface area contributed by atoms with Gasteiger partial charge in [0.05, 0.1) is 11.4 Å². The lowest BCUT2D eigenvalue weighted by Crippen LogP contribution is -1.96. The van der Waals surface area contributed by atoms with E-state index in [0.717, 1.165) is 10.2 Å². The van der Waals surface area contributed by atoms with E-state index in [1.165, 1.54) is 0 Å². The zero-order valence-electron chi connectivity index (χ0n) is 5.99. The minimum absolute atomic E-state index is 0.662. The molecule has 60 valence electrons. The standard InChI is InChI=1S/C7H8BrClN2/c1-11-6-3-4(9)2-5(8)7(6)10/h2-3,11H,10H2,1H3. The summed E-state index contributed by atoms with van der Waals surface area (Å²) >= 11 is 9.06. The van der Waals surface area contributed by atoms with Crippen molar-refractivity contribution in [1.82, 2.24) is 0 Å². The highest BCUT2D eigenvalue weighted by molar-refractivity contribution is 9.10. The first-order valence-electron chi connectivity index (χ1n) is 3.07. The molecule has 2 nitrogen and oxygen atoms in total. The van der Waals surface area contributed by atoms with Crippen molar-refractivity contribution in [1.29, 1.82) is 0 Å². The molecule has 0 amide bonds. The van der Waals surface area contributed by atoms with Crippen LogP contribution in [-0.2, 0) is 0 Å². The average molecular weight is 236 g/mol. The smallest absolute Gasteiger partial charge is 0.0695 e. The van der Waals surface area contributed by atoms with Crippen LogP contribution in [0.3, 0.4) is 0 Å². The highest BCUT2D eigenvalue weighted by Crippen LogP contribution is 2.31. The normalized spacial score (nSPS) is 9.73. The maximum absolute atomic E-state index is 5.78. The Bertz CT molecular complexity index is 275. The Hall–Kier alpha value is -0.410. The number of anilines is 2. The predicted molar refractivity (Wildman–Crippen MR) is 53.1 cm³/mol. The first-order valence-corrected chi connectivity index (χ1v) is 4.24. The molecule has 0 spiro atoms. The lowest BCUT2D eigenvalue weighted by atomic mass is 10.3. The second kappa shape index (κ2) is 3.32. The third-order valence-corrected chi connectivity index (χ3v) is 2.24. The van der Waals surface area contributed by atoms with Gasteiger partial charge >= 0.3 is 0 Å². The molecule has 0 radical (unpaired) electrons. The second-order valence-corrected chi connectivity index (χ2v) is 3.39. The summed E-state index contributed by atoms with van der Waals surface area (Å²) in [4.78, 5) is 0. The van der Waals surface area contributed by atoms with E-state index in [-0.39, 0.29) is 0 Å². The van der Waals surface area contributed by atoms with E-state index in [2.05, 4.69) is 21.2 Å². The van der Waals surface area contributed by atoms with E-state index in [0.29, 0.717) is 10.7 Å². The van der Waals surface area contributed by atoms with Crippen LogP contribution < -0.4 is 11.1 Å². The van der Waals surface area contributed by atoms with Gasteiger partial charge in [0.15, 0.2) is 0 Å². The van der Waals surface area contributed by atoms with Crippen molar-refractivity contribution in [3.8, 4) is 0 Å². The number of hydrogen-bond acceptors (Lipinski definition) is 2. The van der Waals surface area contributed by atoms with Gasteiger partial charge in [0.2, 0.25) is 0 Å². The van der Waals surface area contributed by atoms with Gasteiger partial charge in [-0.2, -0.15) is 0 Å². The van der Waals surface area contributed by atoms with Crippen LogP contribution in [0.1, 0.15) is 0 Å². The summed E-state index contributed by atoms with van der Waals surface area (Å²) in [5.41, 5.74) is 7.21. The molecule has 3 N–H and O–H groups in total. The van der Waals surface area contributed by atoms with Crippen LogP contribution in [0.5, 0.6) is 0 Å². The maximum atomic E-state index is 5.78. The van der Waals surface area contributed by atoms with Gasteiger partial charge in [0.1, 0.15) is 0 Å². The molecule has 1 rings (SSSR count). The molecule has 1 aromatic carbocycles. The van der Waals surface area contributed by atoms with E-state index in [4.69, 9.17) is 17.3 Å². The molecule has 0 saturated heterocycles. The first kappa shape index (κ1) is 8.68. The number of nitrogens with two attached hydrogens (primary N) is 1. The summed E-state index contributed by atoms with van der Waals surface area (Å²) in [5.74, 6) is 0. The fourth-order valence-electron chi connectivity index (χ4n) is 0.792. The van der Waals surface area contributed by atoms with Gasteiger partial charge in [-0.1, -0.05) is 11.6 Å². The van der Waals surface area contributed by atoms with Gasteiger partial charge in [0, 0.05) is 16.5 Å². The number of benzene rings is 1. The fourth-order valence-corrected chi connectivity index (χ4v) is 1.60. The Balaban J connectivity index is 3.24. The SMILES string of the molecule is CNc1cc(Cl)cc(Br)c1N. The van der Waals surface area contributed by atoms with Gasteiger partial charge in [-0.25, -0.2) is 0 Å². The summed E-state index contributed by atoms with van der Waals surface area (Å²) in [5, 5.41) is 3.60. The van der Waals surface area contributed by atoms with Crippen LogP contribution in [0.4, 0.5) is 11.4 Å². The van der Waals surface area contributed by atoms with Gasteiger partial charge in [-0.15, -0.1) is 0 Å². The number of nitrogen functional groups attached to an aromatic ring is 1. The molecule has 0 aromatic heterocycles. The molecule has 0 fully saturated rings. The molecule has 4 heteroatoms. The molecule has 0 aliphatic rings. The van der Waals surface area contributed by atoms with Crippen molar-refractivity contribution >= 4 is 38.9 Å². The molecule has 0 atom stereocenters. The van der Waals surface area contributed by atoms with Gasteiger partial charge in [0.25, 0.3) is 0 Å². The molecule has 0 aliphatic heterocycles. The molecule has 0 aliphatic carbocycles. The molecule has 1 aromatic rings. The summed E-state index contributed by atoms with van der Waals surface area (Å²) < 4.78 is 0.814. The molecular weight excluding hydrogens is 227 g/mol. The fraction of sp³-hybridized carbons (Fsp3) is 0.143. The van der Waals surface area contributed by atoms with Crippen LogP contribution in [-0.4, -0.2) is 7.05 Å². The molecule has 0 bridgehead atoms. The molecule has 0 saturated carbocycles. The molecule has 11 heavy (non-hydrogen) atoms. The maximum Gasteiger partial charge on any atom is 0.0695 e. The molecule has 0 unspecified atom stereocenters. The Labute approximate surface area is 78.9 Å². The number of halogens is 2. The van der Waals surface area contributed by atoms with Crippen molar-refractivity contribution in [2.24, 2.45) is 0 Å². The zero-order chi connectivity index (χ0) is 8.43. The summed E-state index contributed by atoms with van der Waals surface area (Å²) in [6.45, 7) is 0. The lowest BCUT2D eigenvalue weighted by Gasteiger charge is -2.06. The van der Waals surface area contributed by atoms with Crippen LogP contribution in [0, 0.1) is 0 Å². The third kappa shape index (κ3) is 1.79. The highest BCUT2D eigenvalue weighted by atomic mass is 79.9. The topological polar surface area (TPSA) is 38.0 Å². The summed E-state index contributed by atoms with van der Waals surface area (Å²) in [6.07, 6.45) is 0. The first-order chi connectivity index (χ1) is 5.15. The van der Waals surface area contributed by atoms with E-state index >= 15 is 0 Å². The zero-order valence-corrected chi connectivity index (χ0v) is 8.33.